The van der Waals surface area contributed by atoms with Crippen LogP contribution >= 0.6 is 0 Å². The molecular weight excluding hydrogens is 206 g/mol. The standard InChI is InChI=1S/C11H19N3O2/c1-11(2,10(15)16)8-13(3)7-9-12-5-6-14(9)4/h5-6H,7-8H2,1-4H3,(H,15,16). The molecular formula is C11H19N3O2. The fourth-order valence-electron chi connectivity index (χ4n) is 1.59. The van der Waals surface area contributed by atoms with Crippen LogP contribution in [0.3, 0.4) is 0 Å². The van der Waals surface area contributed by atoms with Crippen LogP contribution in [0.15, 0.2) is 12.4 Å². The van der Waals surface area contributed by atoms with Crippen LogP contribution in [0.2, 0.25) is 0 Å². The largest absolute Gasteiger partial charge is 0.481 e. The van der Waals surface area contributed by atoms with Gasteiger partial charge in [0.25, 0.3) is 0 Å². The molecule has 0 fully saturated rings. The molecule has 90 valence electrons. The Morgan fingerprint density at radius 3 is 2.69 bits per heavy atom. The van der Waals surface area contributed by atoms with Crippen LogP contribution in [-0.2, 0) is 18.4 Å². The van der Waals surface area contributed by atoms with Gasteiger partial charge < -0.3 is 9.67 Å². The number of aliphatic carboxylic acids is 1. The van der Waals surface area contributed by atoms with Gasteiger partial charge in [0.15, 0.2) is 0 Å². The molecule has 5 heteroatoms. The van der Waals surface area contributed by atoms with Gasteiger partial charge in [0.2, 0.25) is 0 Å². The molecule has 0 aliphatic carbocycles. The first-order chi connectivity index (χ1) is 7.33. The van der Waals surface area contributed by atoms with E-state index in [0.717, 1.165) is 5.82 Å². The lowest BCUT2D eigenvalue weighted by molar-refractivity contribution is -0.147. The summed E-state index contributed by atoms with van der Waals surface area (Å²) < 4.78 is 1.93. The van der Waals surface area contributed by atoms with Crippen molar-refractivity contribution >= 4 is 5.97 Å². The van der Waals surface area contributed by atoms with Gasteiger partial charge >= 0.3 is 5.97 Å². The average Bonchev–Trinajstić information content (AvgIpc) is 2.50. The molecule has 0 aliphatic rings. The van der Waals surface area contributed by atoms with E-state index < -0.39 is 11.4 Å². The lowest BCUT2D eigenvalue weighted by atomic mass is 9.93. The molecule has 0 aromatic carbocycles. The van der Waals surface area contributed by atoms with E-state index in [-0.39, 0.29) is 0 Å². The van der Waals surface area contributed by atoms with E-state index in [1.807, 2.05) is 29.8 Å². The van der Waals surface area contributed by atoms with Crippen molar-refractivity contribution in [3.63, 3.8) is 0 Å². The van der Waals surface area contributed by atoms with E-state index in [1.54, 1.807) is 20.0 Å². The van der Waals surface area contributed by atoms with Crippen LogP contribution < -0.4 is 0 Å². The number of carbonyl (C=O) groups is 1. The Morgan fingerprint density at radius 2 is 2.25 bits per heavy atom. The first-order valence-corrected chi connectivity index (χ1v) is 5.21. The zero-order valence-corrected chi connectivity index (χ0v) is 10.3. The minimum Gasteiger partial charge on any atom is -0.481 e. The summed E-state index contributed by atoms with van der Waals surface area (Å²) in [6.45, 7) is 4.60. The Morgan fingerprint density at radius 1 is 1.62 bits per heavy atom. The lowest BCUT2D eigenvalue weighted by Crippen LogP contribution is -2.37. The van der Waals surface area contributed by atoms with Crippen molar-refractivity contribution < 1.29 is 9.90 Å². The van der Waals surface area contributed by atoms with Gasteiger partial charge in [-0.1, -0.05) is 0 Å². The van der Waals surface area contributed by atoms with Gasteiger partial charge in [-0.25, -0.2) is 4.98 Å². The number of aromatic nitrogens is 2. The lowest BCUT2D eigenvalue weighted by Gasteiger charge is -2.26. The van der Waals surface area contributed by atoms with Gasteiger partial charge in [0, 0.05) is 26.0 Å². The number of rotatable bonds is 5. The molecule has 16 heavy (non-hydrogen) atoms. The van der Waals surface area contributed by atoms with E-state index in [2.05, 4.69) is 4.98 Å². The van der Waals surface area contributed by atoms with Crippen molar-refractivity contribution in [3.05, 3.63) is 18.2 Å². The van der Waals surface area contributed by atoms with Gasteiger partial charge in [0.05, 0.1) is 12.0 Å². The molecule has 1 aromatic rings. The molecule has 5 nitrogen and oxygen atoms in total. The van der Waals surface area contributed by atoms with E-state index >= 15 is 0 Å². The molecule has 0 amide bonds. The predicted molar refractivity (Wildman–Crippen MR) is 61.0 cm³/mol. The van der Waals surface area contributed by atoms with E-state index in [9.17, 15) is 4.79 Å². The van der Waals surface area contributed by atoms with Gasteiger partial charge in [-0.3, -0.25) is 9.69 Å². The summed E-state index contributed by atoms with van der Waals surface area (Å²) in [5, 5.41) is 9.02. The zero-order valence-electron chi connectivity index (χ0n) is 10.3. The summed E-state index contributed by atoms with van der Waals surface area (Å²) >= 11 is 0. The Hall–Kier alpha value is -1.36. The minimum atomic E-state index is -0.779. The normalized spacial score (nSPS) is 12.1. The van der Waals surface area contributed by atoms with E-state index in [0.29, 0.717) is 13.1 Å². The summed E-state index contributed by atoms with van der Waals surface area (Å²) in [4.78, 5) is 17.2. The van der Waals surface area contributed by atoms with Crippen molar-refractivity contribution in [1.29, 1.82) is 0 Å². The molecule has 1 aromatic heterocycles. The highest BCUT2D eigenvalue weighted by molar-refractivity contribution is 5.73. The van der Waals surface area contributed by atoms with Crippen LogP contribution in [0.5, 0.6) is 0 Å². The second-order valence-corrected chi connectivity index (χ2v) is 4.82. The number of nitrogens with zero attached hydrogens (tertiary/aromatic N) is 3. The number of carboxylic acid groups (broad SMARTS) is 1. The quantitative estimate of drug-likeness (QED) is 0.811. The maximum atomic E-state index is 11.0. The highest BCUT2D eigenvalue weighted by Crippen LogP contribution is 2.17. The minimum absolute atomic E-state index is 0.495. The summed E-state index contributed by atoms with van der Waals surface area (Å²) in [5.74, 6) is 0.155. The van der Waals surface area contributed by atoms with Gasteiger partial charge in [-0.05, 0) is 20.9 Å². The third-order valence-electron chi connectivity index (χ3n) is 2.58. The summed E-state index contributed by atoms with van der Waals surface area (Å²) in [7, 11) is 3.83. The highest BCUT2D eigenvalue weighted by Gasteiger charge is 2.28. The molecule has 1 rings (SSSR count). The average molecular weight is 225 g/mol. The summed E-state index contributed by atoms with van der Waals surface area (Å²) in [6, 6.07) is 0. The smallest absolute Gasteiger partial charge is 0.310 e. The monoisotopic (exact) mass is 225 g/mol. The van der Waals surface area contributed by atoms with Crippen molar-refractivity contribution in [2.45, 2.75) is 20.4 Å². The Bertz CT molecular complexity index is 371. The molecule has 0 atom stereocenters. The number of hydrogen-bond donors (Lipinski definition) is 1. The van der Waals surface area contributed by atoms with E-state index in [1.165, 1.54) is 0 Å². The number of imidazole rings is 1. The van der Waals surface area contributed by atoms with Crippen LogP contribution in [-0.4, -0.2) is 39.1 Å². The van der Waals surface area contributed by atoms with Crippen molar-refractivity contribution in [3.8, 4) is 0 Å². The summed E-state index contributed by atoms with van der Waals surface area (Å²) in [6.07, 6.45) is 3.62. The Balaban J connectivity index is 2.58. The molecule has 0 saturated carbocycles. The molecule has 0 unspecified atom stereocenters. The van der Waals surface area contributed by atoms with Crippen LogP contribution in [0, 0.1) is 5.41 Å². The molecule has 0 aliphatic heterocycles. The third kappa shape index (κ3) is 3.06. The van der Waals surface area contributed by atoms with Crippen LogP contribution in [0.4, 0.5) is 0 Å². The second-order valence-electron chi connectivity index (χ2n) is 4.82. The maximum Gasteiger partial charge on any atom is 0.310 e. The van der Waals surface area contributed by atoms with Crippen molar-refractivity contribution in [1.82, 2.24) is 14.5 Å². The number of hydrogen-bond acceptors (Lipinski definition) is 3. The second kappa shape index (κ2) is 4.65. The topological polar surface area (TPSA) is 58.4 Å². The first-order valence-electron chi connectivity index (χ1n) is 5.21. The summed E-state index contributed by atoms with van der Waals surface area (Å²) in [5.41, 5.74) is -0.736. The van der Waals surface area contributed by atoms with Gasteiger partial charge in [-0.15, -0.1) is 0 Å². The van der Waals surface area contributed by atoms with Gasteiger partial charge in [0.1, 0.15) is 5.82 Å². The number of carboxylic acids is 1. The molecule has 0 saturated heterocycles. The fourth-order valence-corrected chi connectivity index (χ4v) is 1.59. The van der Waals surface area contributed by atoms with Crippen LogP contribution in [0.25, 0.3) is 0 Å². The highest BCUT2D eigenvalue weighted by atomic mass is 16.4. The third-order valence-corrected chi connectivity index (χ3v) is 2.58. The van der Waals surface area contributed by atoms with Crippen LogP contribution in [0.1, 0.15) is 19.7 Å². The maximum absolute atomic E-state index is 11.0. The van der Waals surface area contributed by atoms with E-state index in [4.69, 9.17) is 5.11 Å². The molecule has 0 spiro atoms. The molecule has 0 bridgehead atoms. The zero-order chi connectivity index (χ0) is 12.3. The number of aryl methyl sites for hydroxylation is 1. The van der Waals surface area contributed by atoms with Gasteiger partial charge in [-0.2, -0.15) is 0 Å². The first kappa shape index (κ1) is 12.7. The Labute approximate surface area is 95.7 Å². The van der Waals surface area contributed by atoms with Crippen molar-refractivity contribution in [2.24, 2.45) is 12.5 Å². The molecule has 1 heterocycles. The molecule has 1 N–H and O–H groups in total. The van der Waals surface area contributed by atoms with Crippen molar-refractivity contribution in [2.75, 3.05) is 13.6 Å². The Kier molecular flexibility index (Phi) is 3.70. The SMILES string of the molecule is CN(Cc1nccn1C)CC(C)(C)C(=O)O. The predicted octanol–water partition coefficient (Wildman–Crippen LogP) is 0.963. The fraction of sp³-hybridized carbons (Fsp3) is 0.636. The molecule has 0 radical (unpaired) electrons.